The van der Waals surface area contributed by atoms with E-state index >= 15 is 0 Å². The van der Waals surface area contributed by atoms with Gasteiger partial charge in [0.05, 0.1) is 23.1 Å². The topological polar surface area (TPSA) is 68.5 Å². The van der Waals surface area contributed by atoms with Crippen molar-refractivity contribution in [1.82, 2.24) is 14.4 Å². The summed E-state index contributed by atoms with van der Waals surface area (Å²) in [6.45, 7) is 0.0473. The van der Waals surface area contributed by atoms with Crippen molar-refractivity contribution in [2.75, 3.05) is 19.0 Å². The lowest BCUT2D eigenvalue weighted by Gasteiger charge is -2.06. The fourth-order valence-corrected chi connectivity index (χ4v) is 3.51. The number of carbonyl (C=O) groups excluding carboxylic acids is 1. The Morgan fingerprint density at radius 2 is 2.07 bits per heavy atom. The molecule has 7 heteroatoms. The summed E-state index contributed by atoms with van der Waals surface area (Å²) in [5.41, 5.74) is 2.40. The van der Waals surface area contributed by atoms with Gasteiger partial charge in [-0.05, 0) is 24.3 Å². The molecule has 4 rings (SSSR count). The molecule has 0 bridgehead atoms. The number of methoxy groups -OCH3 is 1. The molecule has 1 N–H and O–H groups in total. The van der Waals surface area contributed by atoms with Crippen LogP contribution in [0.2, 0.25) is 0 Å². The normalized spacial score (nSPS) is 10.3. The quantitative estimate of drug-likeness (QED) is 0.428. The van der Waals surface area contributed by atoms with E-state index in [4.69, 9.17) is 4.74 Å². The van der Waals surface area contributed by atoms with Crippen LogP contribution in [0.4, 0.5) is 5.82 Å². The molecule has 0 spiro atoms. The SMILES string of the molecule is COC(=O)CNc1c(-c2ccc(C#Cc3ccccc3)s2)nc2cnccn12. The number of imidazole rings is 1. The second-order valence-corrected chi connectivity index (χ2v) is 6.91. The van der Waals surface area contributed by atoms with Crippen LogP contribution in [0.3, 0.4) is 0 Å². The fourth-order valence-electron chi connectivity index (χ4n) is 2.66. The van der Waals surface area contributed by atoms with Crippen LogP contribution in [0.5, 0.6) is 0 Å². The highest BCUT2D eigenvalue weighted by molar-refractivity contribution is 7.16. The third-order valence-corrected chi connectivity index (χ3v) is 5.01. The van der Waals surface area contributed by atoms with E-state index in [1.807, 2.05) is 46.9 Å². The number of anilines is 1. The molecule has 0 aliphatic rings. The Labute approximate surface area is 165 Å². The van der Waals surface area contributed by atoms with Crippen LogP contribution in [0, 0.1) is 11.8 Å². The molecule has 3 heterocycles. The van der Waals surface area contributed by atoms with Crippen molar-refractivity contribution in [3.63, 3.8) is 0 Å². The summed E-state index contributed by atoms with van der Waals surface area (Å²) in [5, 5.41) is 3.12. The van der Waals surface area contributed by atoms with Gasteiger partial charge in [0.25, 0.3) is 0 Å². The number of ether oxygens (including phenoxy) is 1. The smallest absolute Gasteiger partial charge is 0.325 e. The van der Waals surface area contributed by atoms with Crippen molar-refractivity contribution in [2.24, 2.45) is 0 Å². The molecule has 0 fully saturated rings. The Kier molecular flexibility index (Phi) is 5.04. The molecule has 138 valence electrons. The third kappa shape index (κ3) is 3.72. The van der Waals surface area contributed by atoms with Gasteiger partial charge in [-0.1, -0.05) is 30.0 Å². The predicted molar refractivity (Wildman–Crippen MR) is 109 cm³/mol. The van der Waals surface area contributed by atoms with E-state index < -0.39 is 0 Å². The Morgan fingerprint density at radius 1 is 1.21 bits per heavy atom. The molecular formula is C21H16N4O2S. The lowest BCUT2D eigenvalue weighted by Crippen LogP contribution is -2.16. The van der Waals surface area contributed by atoms with E-state index in [2.05, 4.69) is 27.1 Å². The first-order valence-corrected chi connectivity index (χ1v) is 9.36. The van der Waals surface area contributed by atoms with Crippen LogP contribution in [0.1, 0.15) is 10.4 Å². The van der Waals surface area contributed by atoms with E-state index in [9.17, 15) is 4.79 Å². The predicted octanol–water partition coefficient (Wildman–Crippen LogP) is 3.44. The summed E-state index contributed by atoms with van der Waals surface area (Å²) in [6.07, 6.45) is 5.15. The monoisotopic (exact) mass is 388 g/mol. The van der Waals surface area contributed by atoms with Gasteiger partial charge in [-0.25, -0.2) is 4.98 Å². The summed E-state index contributed by atoms with van der Waals surface area (Å²) in [5.74, 6) is 6.72. The number of esters is 1. The summed E-state index contributed by atoms with van der Waals surface area (Å²) in [6, 6.07) is 13.8. The van der Waals surface area contributed by atoms with Crippen molar-refractivity contribution in [1.29, 1.82) is 0 Å². The number of nitrogens with zero attached hydrogens (tertiary/aromatic N) is 3. The van der Waals surface area contributed by atoms with Crippen LogP contribution >= 0.6 is 11.3 Å². The molecule has 0 saturated carbocycles. The average Bonchev–Trinajstić information content (AvgIpc) is 3.35. The highest BCUT2D eigenvalue weighted by Crippen LogP contribution is 2.33. The van der Waals surface area contributed by atoms with Crippen LogP contribution in [0.15, 0.2) is 61.1 Å². The third-order valence-electron chi connectivity index (χ3n) is 4.00. The first-order valence-electron chi connectivity index (χ1n) is 8.54. The van der Waals surface area contributed by atoms with Crippen LogP contribution in [0.25, 0.3) is 16.2 Å². The molecule has 6 nitrogen and oxygen atoms in total. The Bertz CT molecular complexity index is 1190. The molecule has 3 aromatic heterocycles. The van der Waals surface area contributed by atoms with Gasteiger partial charge < -0.3 is 10.1 Å². The number of nitrogens with one attached hydrogen (secondary N) is 1. The number of aromatic nitrogens is 3. The lowest BCUT2D eigenvalue weighted by molar-refractivity contribution is -0.138. The minimum absolute atomic E-state index is 0.0473. The molecule has 0 aliphatic carbocycles. The first-order chi connectivity index (χ1) is 13.7. The maximum atomic E-state index is 11.6. The molecule has 0 unspecified atom stereocenters. The van der Waals surface area contributed by atoms with Gasteiger partial charge in [0.1, 0.15) is 18.1 Å². The molecule has 4 aromatic rings. The molecular weight excluding hydrogens is 372 g/mol. The van der Waals surface area contributed by atoms with Gasteiger partial charge in [0.15, 0.2) is 5.65 Å². The van der Waals surface area contributed by atoms with Crippen molar-refractivity contribution >= 4 is 28.8 Å². The molecule has 0 amide bonds. The number of hydrogen-bond acceptors (Lipinski definition) is 6. The molecule has 0 aliphatic heterocycles. The van der Waals surface area contributed by atoms with Gasteiger partial charge in [-0.3, -0.25) is 14.2 Å². The second-order valence-electron chi connectivity index (χ2n) is 5.82. The van der Waals surface area contributed by atoms with Gasteiger partial charge in [-0.15, -0.1) is 11.3 Å². The molecule has 0 radical (unpaired) electrons. The summed E-state index contributed by atoms with van der Waals surface area (Å²) < 4.78 is 6.59. The standard InChI is InChI=1S/C21H16N4O2S/c1-27-19(26)14-23-21-20(24-18-13-22-11-12-25(18)21)17-10-9-16(28-17)8-7-15-5-3-2-4-6-15/h2-6,9-13,23H,14H2,1H3. The zero-order valence-corrected chi connectivity index (χ0v) is 15.9. The Hall–Kier alpha value is -3.63. The molecule has 28 heavy (non-hydrogen) atoms. The average molecular weight is 388 g/mol. The fraction of sp³-hybridized carbons (Fsp3) is 0.0952. The Balaban J connectivity index is 1.68. The number of carbonyl (C=O) groups is 1. The van der Waals surface area contributed by atoms with E-state index in [-0.39, 0.29) is 12.5 Å². The van der Waals surface area contributed by atoms with Gasteiger partial charge in [0, 0.05) is 18.0 Å². The minimum atomic E-state index is -0.351. The van der Waals surface area contributed by atoms with Crippen molar-refractivity contribution in [2.45, 2.75) is 0 Å². The minimum Gasteiger partial charge on any atom is -0.468 e. The first kappa shape index (κ1) is 17.8. The number of fused-ring (bicyclic) bond motifs is 1. The maximum Gasteiger partial charge on any atom is 0.325 e. The largest absolute Gasteiger partial charge is 0.468 e. The van der Waals surface area contributed by atoms with Crippen LogP contribution < -0.4 is 5.32 Å². The number of thiophene rings is 1. The van der Waals surface area contributed by atoms with E-state index in [1.165, 1.54) is 7.11 Å². The van der Waals surface area contributed by atoms with Crippen LogP contribution in [-0.2, 0) is 9.53 Å². The van der Waals surface area contributed by atoms with E-state index in [1.54, 1.807) is 29.9 Å². The second kappa shape index (κ2) is 7.94. The van der Waals surface area contributed by atoms with Gasteiger partial charge >= 0.3 is 5.97 Å². The van der Waals surface area contributed by atoms with E-state index in [0.717, 1.165) is 21.0 Å². The number of benzene rings is 1. The van der Waals surface area contributed by atoms with E-state index in [0.29, 0.717) is 11.5 Å². The van der Waals surface area contributed by atoms with Crippen molar-refractivity contribution in [3.05, 3.63) is 71.5 Å². The molecule has 0 saturated heterocycles. The zero-order valence-electron chi connectivity index (χ0n) is 15.0. The highest BCUT2D eigenvalue weighted by atomic mass is 32.1. The maximum absolute atomic E-state index is 11.6. The van der Waals surface area contributed by atoms with Crippen molar-refractivity contribution < 1.29 is 9.53 Å². The number of hydrogen-bond donors (Lipinski definition) is 1. The van der Waals surface area contributed by atoms with Crippen LogP contribution in [-0.4, -0.2) is 34.0 Å². The Morgan fingerprint density at radius 3 is 2.89 bits per heavy atom. The number of rotatable bonds is 4. The summed E-state index contributed by atoms with van der Waals surface area (Å²) in [4.78, 5) is 22.2. The zero-order chi connectivity index (χ0) is 19.3. The lowest BCUT2D eigenvalue weighted by atomic mass is 10.2. The molecule has 1 aromatic carbocycles. The summed E-state index contributed by atoms with van der Waals surface area (Å²) >= 11 is 1.55. The molecule has 0 atom stereocenters. The van der Waals surface area contributed by atoms with Crippen molar-refractivity contribution in [3.8, 4) is 22.4 Å². The highest BCUT2D eigenvalue weighted by Gasteiger charge is 2.16. The van der Waals surface area contributed by atoms with Gasteiger partial charge in [-0.2, -0.15) is 0 Å². The summed E-state index contributed by atoms with van der Waals surface area (Å²) in [7, 11) is 1.36. The van der Waals surface area contributed by atoms with Gasteiger partial charge in [0.2, 0.25) is 0 Å².